The molecule has 1 aliphatic carbocycles. The maximum atomic E-state index is 12.6. The molecule has 0 aromatic carbocycles. The van der Waals surface area contributed by atoms with Crippen molar-refractivity contribution < 1.29 is 18.0 Å². The van der Waals surface area contributed by atoms with Gasteiger partial charge in [-0.3, -0.25) is 14.3 Å². The van der Waals surface area contributed by atoms with Crippen LogP contribution in [0, 0.1) is 0 Å². The molecule has 2 heterocycles. The van der Waals surface area contributed by atoms with Crippen LogP contribution in [-0.2, 0) is 27.7 Å². The van der Waals surface area contributed by atoms with Gasteiger partial charge in [-0.05, 0) is 19.3 Å². The summed E-state index contributed by atoms with van der Waals surface area (Å²) in [7, 11) is -3.18. The van der Waals surface area contributed by atoms with Crippen molar-refractivity contribution in [3.05, 3.63) is 17.5 Å². The third-order valence-electron chi connectivity index (χ3n) is 5.06. The van der Waals surface area contributed by atoms with E-state index in [2.05, 4.69) is 10.4 Å². The van der Waals surface area contributed by atoms with Crippen molar-refractivity contribution in [2.45, 2.75) is 57.7 Å². The van der Waals surface area contributed by atoms with E-state index in [4.69, 9.17) is 0 Å². The predicted molar refractivity (Wildman–Crippen MR) is 96.3 cm³/mol. The van der Waals surface area contributed by atoms with Crippen molar-refractivity contribution in [1.29, 1.82) is 0 Å². The van der Waals surface area contributed by atoms with Crippen molar-refractivity contribution >= 4 is 21.7 Å². The lowest BCUT2D eigenvalue weighted by Crippen LogP contribution is -2.35. The monoisotopic (exact) mass is 382 g/mol. The largest absolute Gasteiger partial charge is 0.349 e. The number of fused-ring (bicyclic) bond motifs is 1. The molecule has 1 aliphatic heterocycles. The Morgan fingerprint density at radius 3 is 2.65 bits per heavy atom. The molecular formula is C17H26N4O4S. The first-order chi connectivity index (χ1) is 12.3. The average molecular weight is 382 g/mol. The number of aromatic nitrogens is 2. The Kier molecular flexibility index (Phi) is 5.64. The van der Waals surface area contributed by atoms with E-state index in [9.17, 15) is 18.0 Å². The van der Waals surface area contributed by atoms with Gasteiger partial charge in [-0.15, -0.1) is 0 Å². The highest BCUT2D eigenvalue weighted by Crippen LogP contribution is 2.21. The molecule has 0 spiro atoms. The summed E-state index contributed by atoms with van der Waals surface area (Å²) in [5.74, 6) is -0.493. The smallest absolute Gasteiger partial charge is 0.255 e. The summed E-state index contributed by atoms with van der Waals surface area (Å²) in [6.07, 6.45) is 7.68. The highest BCUT2D eigenvalue weighted by atomic mass is 32.2. The average Bonchev–Trinajstić information content (AvgIpc) is 3.17. The van der Waals surface area contributed by atoms with Gasteiger partial charge in [-0.1, -0.05) is 12.8 Å². The van der Waals surface area contributed by atoms with E-state index in [1.807, 2.05) is 0 Å². The van der Waals surface area contributed by atoms with E-state index >= 15 is 0 Å². The first kappa shape index (κ1) is 18.9. The molecular weight excluding hydrogens is 356 g/mol. The molecule has 0 saturated heterocycles. The molecule has 1 N–H and O–H groups in total. The van der Waals surface area contributed by atoms with Crippen LogP contribution in [0.25, 0.3) is 0 Å². The fourth-order valence-corrected chi connectivity index (χ4v) is 4.15. The Balaban J connectivity index is 1.71. The lowest BCUT2D eigenvalue weighted by molar-refractivity contribution is -0.131. The molecule has 1 saturated carbocycles. The van der Waals surface area contributed by atoms with E-state index in [1.54, 1.807) is 15.8 Å². The van der Waals surface area contributed by atoms with E-state index in [-0.39, 0.29) is 36.6 Å². The molecule has 2 aliphatic rings. The molecule has 0 atom stereocenters. The molecule has 26 heavy (non-hydrogen) atoms. The second kappa shape index (κ2) is 7.77. The first-order valence-corrected chi connectivity index (χ1v) is 11.2. The fraction of sp³-hybridized carbons (Fsp3) is 0.706. The van der Waals surface area contributed by atoms with Gasteiger partial charge in [-0.25, -0.2) is 8.42 Å². The Bertz CT molecular complexity index is 781. The number of rotatable bonds is 5. The topological polar surface area (TPSA) is 101 Å². The molecule has 144 valence electrons. The quantitative estimate of drug-likeness (QED) is 0.809. The van der Waals surface area contributed by atoms with Gasteiger partial charge in [0, 0.05) is 31.8 Å². The summed E-state index contributed by atoms with van der Waals surface area (Å²) >= 11 is 0. The third kappa shape index (κ3) is 4.63. The van der Waals surface area contributed by atoms with Crippen LogP contribution in [0.4, 0.5) is 0 Å². The maximum absolute atomic E-state index is 12.6. The molecule has 1 aromatic rings. The number of amides is 2. The van der Waals surface area contributed by atoms with Gasteiger partial charge in [0.2, 0.25) is 5.91 Å². The van der Waals surface area contributed by atoms with Crippen LogP contribution in [-0.4, -0.2) is 59.5 Å². The van der Waals surface area contributed by atoms with Gasteiger partial charge in [0.15, 0.2) is 0 Å². The SMILES string of the molecule is CS(=O)(=O)CCC(=O)N1CCCn2ncc(C(=O)NC3CCCC3)c2C1. The second-order valence-corrected chi connectivity index (χ2v) is 9.49. The Hall–Kier alpha value is -1.90. The van der Waals surface area contributed by atoms with Crippen LogP contribution in [0.5, 0.6) is 0 Å². The zero-order chi connectivity index (χ0) is 18.7. The van der Waals surface area contributed by atoms with Crippen molar-refractivity contribution in [3.63, 3.8) is 0 Å². The Morgan fingerprint density at radius 1 is 1.23 bits per heavy atom. The lowest BCUT2D eigenvalue weighted by Gasteiger charge is -2.20. The minimum Gasteiger partial charge on any atom is -0.349 e. The van der Waals surface area contributed by atoms with E-state index in [0.717, 1.165) is 44.1 Å². The normalized spacial score (nSPS) is 18.4. The molecule has 9 heteroatoms. The number of hydrogen-bond acceptors (Lipinski definition) is 5. The highest BCUT2D eigenvalue weighted by molar-refractivity contribution is 7.90. The number of hydrogen-bond donors (Lipinski definition) is 1. The Labute approximate surface area is 153 Å². The van der Waals surface area contributed by atoms with Crippen LogP contribution >= 0.6 is 0 Å². The van der Waals surface area contributed by atoms with Gasteiger partial charge in [0.25, 0.3) is 5.91 Å². The van der Waals surface area contributed by atoms with Crippen LogP contribution in [0.15, 0.2) is 6.20 Å². The summed E-state index contributed by atoms with van der Waals surface area (Å²) in [6, 6.07) is 0.219. The summed E-state index contributed by atoms with van der Waals surface area (Å²) in [5, 5.41) is 7.38. The number of sulfone groups is 1. The third-order valence-corrected chi connectivity index (χ3v) is 6.01. The maximum Gasteiger partial charge on any atom is 0.255 e. The summed E-state index contributed by atoms with van der Waals surface area (Å²) in [6.45, 7) is 1.47. The zero-order valence-electron chi connectivity index (χ0n) is 15.1. The summed E-state index contributed by atoms with van der Waals surface area (Å²) < 4.78 is 24.4. The van der Waals surface area contributed by atoms with Crippen LogP contribution < -0.4 is 5.32 Å². The van der Waals surface area contributed by atoms with Crippen molar-refractivity contribution in [2.24, 2.45) is 0 Å². The Morgan fingerprint density at radius 2 is 1.96 bits per heavy atom. The molecule has 3 rings (SSSR count). The van der Waals surface area contributed by atoms with Crippen molar-refractivity contribution in [1.82, 2.24) is 20.0 Å². The number of aryl methyl sites for hydroxylation is 1. The first-order valence-electron chi connectivity index (χ1n) is 9.14. The van der Waals surface area contributed by atoms with Crippen LogP contribution in [0.2, 0.25) is 0 Å². The molecule has 1 aromatic heterocycles. The standard InChI is InChI=1S/C17H26N4O4S/c1-26(24,25)10-7-16(22)20-8-4-9-21-15(12-20)14(11-18-21)17(23)19-13-5-2-3-6-13/h11,13H,2-10,12H2,1H3,(H,19,23). The van der Waals surface area contributed by atoms with E-state index in [1.165, 1.54) is 0 Å². The van der Waals surface area contributed by atoms with Gasteiger partial charge < -0.3 is 10.2 Å². The van der Waals surface area contributed by atoms with Gasteiger partial charge in [0.1, 0.15) is 9.84 Å². The zero-order valence-corrected chi connectivity index (χ0v) is 15.9. The van der Waals surface area contributed by atoms with Crippen LogP contribution in [0.1, 0.15) is 54.6 Å². The molecule has 0 bridgehead atoms. The minimum atomic E-state index is -3.18. The van der Waals surface area contributed by atoms with Gasteiger partial charge in [0.05, 0.1) is 29.8 Å². The molecule has 0 radical (unpaired) electrons. The summed E-state index contributed by atoms with van der Waals surface area (Å²) in [5.41, 5.74) is 1.24. The lowest BCUT2D eigenvalue weighted by atomic mass is 10.2. The minimum absolute atomic E-state index is 0.0312. The molecule has 1 fully saturated rings. The number of nitrogens with zero attached hydrogens (tertiary/aromatic N) is 3. The fourth-order valence-electron chi connectivity index (χ4n) is 3.61. The number of nitrogens with one attached hydrogen (secondary N) is 1. The van der Waals surface area contributed by atoms with E-state index in [0.29, 0.717) is 18.7 Å². The van der Waals surface area contributed by atoms with Gasteiger partial charge >= 0.3 is 0 Å². The molecule has 2 amide bonds. The second-order valence-electron chi connectivity index (χ2n) is 7.23. The van der Waals surface area contributed by atoms with Crippen LogP contribution in [0.3, 0.4) is 0 Å². The van der Waals surface area contributed by atoms with E-state index < -0.39 is 9.84 Å². The van der Waals surface area contributed by atoms with Crippen molar-refractivity contribution in [3.8, 4) is 0 Å². The summed E-state index contributed by atoms with van der Waals surface area (Å²) in [4.78, 5) is 26.7. The van der Waals surface area contributed by atoms with Crippen molar-refractivity contribution in [2.75, 3.05) is 18.6 Å². The molecule has 8 nitrogen and oxygen atoms in total. The number of carbonyl (C=O) groups is 2. The molecule has 0 unspecified atom stereocenters. The number of carbonyl (C=O) groups excluding carboxylic acids is 2. The highest BCUT2D eigenvalue weighted by Gasteiger charge is 2.26. The van der Waals surface area contributed by atoms with Gasteiger partial charge in [-0.2, -0.15) is 5.10 Å². The predicted octanol–water partition coefficient (Wildman–Crippen LogP) is 0.722.